The largest absolute Gasteiger partial charge is 0.497 e. The van der Waals surface area contributed by atoms with Gasteiger partial charge in [0, 0.05) is 36.8 Å². The highest BCUT2D eigenvalue weighted by molar-refractivity contribution is 5.67. The molecule has 1 aliphatic heterocycles. The molecule has 1 aromatic carbocycles. The van der Waals surface area contributed by atoms with Crippen LogP contribution in [0.3, 0.4) is 0 Å². The molecule has 0 spiro atoms. The average molecular weight is 492 g/mol. The number of aromatic amines is 1. The molecule has 0 bridgehead atoms. The molecular weight excluding hydrogens is 458 g/mol. The maximum atomic E-state index is 10.9. The van der Waals surface area contributed by atoms with Crippen LogP contribution in [0, 0.1) is 5.92 Å². The van der Waals surface area contributed by atoms with Crippen LogP contribution in [-0.4, -0.2) is 63.6 Å². The number of pyridine rings is 1. The highest BCUT2D eigenvalue weighted by Crippen LogP contribution is 2.31. The van der Waals surface area contributed by atoms with Gasteiger partial charge < -0.3 is 24.5 Å². The highest BCUT2D eigenvalue weighted by atomic mass is 16.5. The lowest BCUT2D eigenvalue weighted by Gasteiger charge is -2.36. The third-order valence-electron chi connectivity index (χ3n) is 7.28. The number of H-pyrrole nitrogens is 1. The molecule has 1 aliphatic carbocycles. The first-order valence-corrected chi connectivity index (χ1v) is 12.7. The first kappa shape index (κ1) is 24.2. The van der Waals surface area contributed by atoms with E-state index in [1.54, 1.807) is 7.11 Å². The molecule has 3 heterocycles. The lowest BCUT2D eigenvalue weighted by atomic mass is 9.85. The van der Waals surface area contributed by atoms with Crippen LogP contribution < -0.4 is 9.64 Å². The third-order valence-corrected chi connectivity index (χ3v) is 7.28. The summed E-state index contributed by atoms with van der Waals surface area (Å²) in [4.78, 5) is 21.2. The van der Waals surface area contributed by atoms with Crippen LogP contribution in [0.2, 0.25) is 0 Å². The SMILES string of the molecule is COc1ccc(-c2nnc(-c3ccc(N4CCC(O[C@H]5CC[C@H](CC(=O)O)CC5)CC4)nc3)[nH]2)cc1. The van der Waals surface area contributed by atoms with Gasteiger partial charge >= 0.3 is 5.97 Å². The van der Waals surface area contributed by atoms with Crippen molar-refractivity contribution >= 4 is 11.8 Å². The lowest BCUT2D eigenvalue weighted by molar-refractivity contribution is -0.138. The van der Waals surface area contributed by atoms with Crippen LogP contribution in [0.5, 0.6) is 5.75 Å². The molecule has 36 heavy (non-hydrogen) atoms. The number of aromatic nitrogens is 4. The molecule has 0 radical (unpaired) electrons. The molecule has 0 amide bonds. The van der Waals surface area contributed by atoms with Crippen molar-refractivity contribution in [1.82, 2.24) is 20.2 Å². The highest BCUT2D eigenvalue weighted by Gasteiger charge is 2.28. The van der Waals surface area contributed by atoms with Gasteiger partial charge in [-0.1, -0.05) is 0 Å². The number of piperidine rings is 1. The Hall–Kier alpha value is -3.46. The number of hydrogen-bond donors (Lipinski definition) is 2. The number of nitrogens with one attached hydrogen (secondary N) is 1. The summed E-state index contributed by atoms with van der Waals surface area (Å²) in [5, 5.41) is 17.6. The van der Waals surface area contributed by atoms with Gasteiger partial charge in [0.1, 0.15) is 11.6 Å². The third kappa shape index (κ3) is 5.84. The van der Waals surface area contributed by atoms with E-state index in [2.05, 4.69) is 25.1 Å². The van der Waals surface area contributed by atoms with Gasteiger partial charge in [0.25, 0.3) is 0 Å². The van der Waals surface area contributed by atoms with Crippen molar-refractivity contribution in [2.75, 3.05) is 25.1 Å². The van der Waals surface area contributed by atoms with Crippen molar-refractivity contribution in [2.45, 2.75) is 57.2 Å². The van der Waals surface area contributed by atoms with Gasteiger partial charge in [0.15, 0.2) is 11.6 Å². The summed E-state index contributed by atoms with van der Waals surface area (Å²) in [6.07, 6.45) is 8.49. The Bertz CT molecular complexity index is 1130. The first-order chi connectivity index (χ1) is 17.6. The molecule has 0 atom stereocenters. The molecule has 9 heteroatoms. The van der Waals surface area contributed by atoms with Crippen molar-refractivity contribution in [1.29, 1.82) is 0 Å². The van der Waals surface area contributed by atoms with Gasteiger partial charge in [0.05, 0.1) is 19.3 Å². The Morgan fingerprint density at radius 3 is 2.19 bits per heavy atom. The van der Waals surface area contributed by atoms with Crippen molar-refractivity contribution in [3.8, 4) is 28.5 Å². The van der Waals surface area contributed by atoms with E-state index in [0.717, 1.165) is 74.3 Å². The number of benzene rings is 1. The predicted octanol–water partition coefficient (Wildman–Crippen LogP) is 4.56. The fraction of sp³-hybridized carbons (Fsp3) is 0.481. The standard InChI is InChI=1S/C27H33N5O4/c1-35-21-9-4-19(5-10-21)26-29-27(31-30-26)20-6-11-24(28-17-20)32-14-12-23(13-15-32)36-22-7-2-18(3-8-22)16-25(33)34/h4-6,9-11,17-18,22-23H,2-3,7-8,12-16H2,1H3,(H,33,34)(H,29,30,31)/t18-,22-. The van der Waals surface area contributed by atoms with Gasteiger partial charge in [-0.15, -0.1) is 10.2 Å². The van der Waals surface area contributed by atoms with Crippen LogP contribution in [-0.2, 0) is 9.53 Å². The van der Waals surface area contributed by atoms with Crippen LogP contribution in [0.15, 0.2) is 42.6 Å². The molecule has 2 N–H and O–H groups in total. The number of ether oxygens (including phenoxy) is 2. The van der Waals surface area contributed by atoms with Crippen LogP contribution in [0.1, 0.15) is 44.9 Å². The van der Waals surface area contributed by atoms with E-state index in [9.17, 15) is 4.79 Å². The Morgan fingerprint density at radius 1 is 0.944 bits per heavy atom. The molecule has 5 rings (SSSR count). The quantitative estimate of drug-likeness (QED) is 0.471. The summed E-state index contributed by atoms with van der Waals surface area (Å²) < 4.78 is 11.6. The molecule has 2 fully saturated rings. The van der Waals surface area contributed by atoms with Crippen molar-refractivity contribution in [3.05, 3.63) is 42.6 Å². The lowest BCUT2D eigenvalue weighted by Crippen LogP contribution is -2.39. The number of nitrogens with zero attached hydrogens (tertiary/aromatic N) is 4. The molecule has 2 aliphatic rings. The van der Waals surface area contributed by atoms with Gasteiger partial charge in [-0.05, 0) is 80.8 Å². The molecule has 1 saturated carbocycles. The topological polar surface area (TPSA) is 113 Å². The van der Waals surface area contributed by atoms with Gasteiger partial charge in [0.2, 0.25) is 0 Å². The van der Waals surface area contributed by atoms with Crippen LogP contribution >= 0.6 is 0 Å². The van der Waals surface area contributed by atoms with Gasteiger partial charge in [-0.25, -0.2) is 4.98 Å². The molecular formula is C27H33N5O4. The van der Waals surface area contributed by atoms with Gasteiger partial charge in [-0.2, -0.15) is 0 Å². The summed E-state index contributed by atoms with van der Waals surface area (Å²) in [6.45, 7) is 1.82. The number of methoxy groups -OCH3 is 1. The number of carboxylic acids is 1. The van der Waals surface area contributed by atoms with E-state index in [4.69, 9.17) is 14.6 Å². The summed E-state index contributed by atoms with van der Waals surface area (Å²) in [7, 11) is 1.65. The summed E-state index contributed by atoms with van der Waals surface area (Å²) in [6, 6.07) is 11.8. The van der Waals surface area contributed by atoms with E-state index < -0.39 is 5.97 Å². The molecule has 9 nitrogen and oxygen atoms in total. The minimum absolute atomic E-state index is 0.270. The maximum absolute atomic E-state index is 10.9. The fourth-order valence-corrected chi connectivity index (χ4v) is 5.20. The molecule has 0 unspecified atom stereocenters. The van der Waals surface area contributed by atoms with Crippen LogP contribution in [0.4, 0.5) is 5.82 Å². The smallest absolute Gasteiger partial charge is 0.303 e. The summed E-state index contributed by atoms with van der Waals surface area (Å²) >= 11 is 0. The van der Waals surface area contributed by atoms with Crippen molar-refractivity contribution < 1.29 is 19.4 Å². The Labute approximate surface area is 210 Å². The van der Waals surface area contributed by atoms with Crippen LogP contribution in [0.25, 0.3) is 22.8 Å². The van der Waals surface area contributed by atoms with E-state index in [1.165, 1.54) is 0 Å². The zero-order chi connectivity index (χ0) is 24.9. The number of rotatable bonds is 8. The minimum atomic E-state index is -0.687. The summed E-state index contributed by atoms with van der Waals surface area (Å²) in [5.41, 5.74) is 1.83. The minimum Gasteiger partial charge on any atom is -0.497 e. The van der Waals surface area contributed by atoms with Crippen molar-refractivity contribution in [3.63, 3.8) is 0 Å². The molecule has 2 aromatic heterocycles. The van der Waals surface area contributed by atoms with E-state index in [1.807, 2.05) is 42.6 Å². The second-order valence-electron chi connectivity index (χ2n) is 9.72. The Kier molecular flexibility index (Phi) is 7.46. The number of anilines is 1. The van der Waals surface area contributed by atoms with E-state index in [0.29, 0.717) is 17.6 Å². The Balaban J connectivity index is 1.11. The monoisotopic (exact) mass is 491 g/mol. The second kappa shape index (κ2) is 11.1. The van der Waals surface area contributed by atoms with E-state index in [-0.39, 0.29) is 18.6 Å². The predicted molar refractivity (Wildman–Crippen MR) is 136 cm³/mol. The average Bonchev–Trinajstić information content (AvgIpc) is 3.41. The number of hydrogen-bond acceptors (Lipinski definition) is 7. The molecule has 3 aromatic rings. The molecule has 190 valence electrons. The maximum Gasteiger partial charge on any atom is 0.303 e. The zero-order valence-corrected chi connectivity index (χ0v) is 20.6. The number of carboxylic acid groups (broad SMARTS) is 1. The fourth-order valence-electron chi connectivity index (χ4n) is 5.20. The zero-order valence-electron chi connectivity index (χ0n) is 20.6. The Morgan fingerprint density at radius 2 is 1.58 bits per heavy atom. The summed E-state index contributed by atoms with van der Waals surface area (Å²) in [5.74, 6) is 2.77. The second-order valence-corrected chi connectivity index (χ2v) is 9.72. The molecule has 1 saturated heterocycles. The van der Waals surface area contributed by atoms with Crippen molar-refractivity contribution in [2.24, 2.45) is 5.92 Å². The number of aliphatic carboxylic acids is 1. The number of carbonyl (C=O) groups is 1. The van der Waals surface area contributed by atoms with E-state index >= 15 is 0 Å². The van der Waals surface area contributed by atoms with Gasteiger partial charge in [-0.3, -0.25) is 4.79 Å². The normalized spacial score (nSPS) is 20.9. The first-order valence-electron chi connectivity index (χ1n) is 12.7.